The van der Waals surface area contributed by atoms with E-state index < -0.39 is 6.09 Å². The van der Waals surface area contributed by atoms with Crippen LogP contribution in [-0.2, 0) is 29.0 Å². The van der Waals surface area contributed by atoms with Crippen molar-refractivity contribution in [3.8, 4) is 17.7 Å². The first-order chi connectivity index (χ1) is 19.1. The highest BCUT2D eigenvalue weighted by Gasteiger charge is 2.34. The summed E-state index contributed by atoms with van der Waals surface area (Å²) in [6.07, 6.45) is 5.80. The zero-order chi connectivity index (χ0) is 26.8. The molecule has 200 valence electrons. The summed E-state index contributed by atoms with van der Waals surface area (Å²) in [7, 11) is 0. The number of carbonyl (C=O) groups excluding carboxylic acids is 2. The molecule has 1 saturated heterocycles. The molecule has 1 fully saturated rings. The number of aromatic nitrogens is 3. The molecule has 3 aromatic rings. The molecule has 0 bridgehead atoms. The van der Waals surface area contributed by atoms with Gasteiger partial charge < -0.3 is 29.3 Å². The van der Waals surface area contributed by atoms with Crippen molar-refractivity contribution in [2.45, 2.75) is 32.0 Å². The molecule has 13 heteroatoms. The second-order valence-electron chi connectivity index (χ2n) is 9.59. The molecule has 0 radical (unpaired) electrons. The van der Waals surface area contributed by atoms with Gasteiger partial charge in [-0.2, -0.15) is 5.26 Å². The van der Waals surface area contributed by atoms with E-state index in [0.717, 1.165) is 30.5 Å². The summed E-state index contributed by atoms with van der Waals surface area (Å²) in [4.78, 5) is 37.9. The second kappa shape index (κ2) is 10.6. The van der Waals surface area contributed by atoms with Crippen molar-refractivity contribution in [2.24, 2.45) is 5.92 Å². The van der Waals surface area contributed by atoms with Gasteiger partial charge >= 0.3 is 6.09 Å². The smallest absolute Gasteiger partial charge is 0.415 e. The average molecular weight is 532 g/mol. The third-order valence-electron chi connectivity index (χ3n) is 6.86. The average Bonchev–Trinajstić information content (AvgIpc) is 3.69. The summed E-state index contributed by atoms with van der Waals surface area (Å²) in [6.45, 7) is 1.93. The molecule has 13 nitrogen and oxygen atoms in total. The fraction of sp³-hybridized carbons (Fsp3) is 0.385. The highest BCUT2D eigenvalue weighted by molar-refractivity contribution is 5.94. The predicted molar refractivity (Wildman–Crippen MR) is 134 cm³/mol. The van der Waals surface area contributed by atoms with Gasteiger partial charge in [0.05, 0.1) is 24.4 Å². The molecule has 1 aliphatic carbocycles. The minimum Gasteiger partial charge on any atom is -0.487 e. The number of nitrogens with zero attached hydrogens (tertiary/aromatic N) is 5. The molecule has 6 rings (SSSR count). The van der Waals surface area contributed by atoms with Gasteiger partial charge in [0, 0.05) is 0 Å². The number of nitriles is 1. The van der Waals surface area contributed by atoms with E-state index in [1.165, 1.54) is 23.8 Å². The maximum absolute atomic E-state index is 12.4. The second-order valence-corrected chi connectivity index (χ2v) is 9.59. The quantitative estimate of drug-likeness (QED) is 0.388. The molecule has 2 N–H and O–H groups in total. The Labute approximate surface area is 223 Å². The van der Waals surface area contributed by atoms with Gasteiger partial charge in [-0.1, -0.05) is 0 Å². The van der Waals surface area contributed by atoms with Crippen LogP contribution in [0.5, 0.6) is 11.6 Å². The number of cyclic esters (lactones) is 1. The number of anilines is 2. The molecule has 2 atom stereocenters. The zero-order valence-corrected chi connectivity index (χ0v) is 20.9. The van der Waals surface area contributed by atoms with Crippen LogP contribution >= 0.6 is 0 Å². The lowest BCUT2D eigenvalue weighted by molar-refractivity contribution is -0.118. The van der Waals surface area contributed by atoms with Gasteiger partial charge in [0.1, 0.15) is 30.4 Å². The Morgan fingerprint density at radius 1 is 1.26 bits per heavy atom. The summed E-state index contributed by atoms with van der Waals surface area (Å²) in [6, 6.07) is 6.09. The van der Waals surface area contributed by atoms with E-state index in [1.807, 2.05) is 6.07 Å². The standard InChI is InChI=1S/C26H25N7O6/c27-7-17-6-20(37-12-18-11-36-14-30-18)5-16-3-15(4-21(16)17)8-28-2-1-19-10-33(26(35)39-19)22-9-29-25-24(31-22)32-23(34)13-38-25/h5-6,9,11,14-15,19,28H,1-4,8,10,12-13H2,(H,31,32,34). The first-order valence-corrected chi connectivity index (χ1v) is 12.6. The van der Waals surface area contributed by atoms with Crippen LogP contribution in [0.2, 0.25) is 0 Å². The Balaban J connectivity index is 0.979. The number of amides is 2. The summed E-state index contributed by atoms with van der Waals surface area (Å²) in [5.41, 5.74) is 3.53. The number of rotatable bonds is 9. The predicted octanol–water partition coefficient (Wildman–Crippen LogP) is 1.97. The van der Waals surface area contributed by atoms with E-state index in [-0.39, 0.29) is 36.9 Å². The van der Waals surface area contributed by atoms with Crippen LogP contribution in [0.15, 0.2) is 35.4 Å². The molecule has 4 heterocycles. The summed E-state index contributed by atoms with van der Waals surface area (Å²) >= 11 is 0. The van der Waals surface area contributed by atoms with Gasteiger partial charge in [-0.25, -0.2) is 19.7 Å². The molecule has 3 aliphatic rings. The van der Waals surface area contributed by atoms with Gasteiger partial charge in [-0.15, -0.1) is 0 Å². The van der Waals surface area contributed by atoms with Crippen LogP contribution in [-0.4, -0.2) is 59.3 Å². The molecule has 2 unspecified atom stereocenters. The molecule has 39 heavy (non-hydrogen) atoms. The number of nitrogens with one attached hydrogen (secondary N) is 2. The van der Waals surface area contributed by atoms with Crippen molar-refractivity contribution in [3.63, 3.8) is 0 Å². The van der Waals surface area contributed by atoms with E-state index in [2.05, 4.69) is 31.7 Å². The molecule has 1 aromatic carbocycles. The fourth-order valence-corrected chi connectivity index (χ4v) is 5.01. The van der Waals surface area contributed by atoms with Crippen LogP contribution in [0.3, 0.4) is 0 Å². The van der Waals surface area contributed by atoms with E-state index >= 15 is 0 Å². The largest absolute Gasteiger partial charge is 0.487 e. The molecule has 2 amide bonds. The number of fused-ring (bicyclic) bond motifs is 2. The normalized spacial score (nSPS) is 19.5. The first-order valence-electron chi connectivity index (χ1n) is 12.6. The lowest BCUT2D eigenvalue weighted by atomic mass is 10.0. The van der Waals surface area contributed by atoms with Gasteiger partial charge in [0.2, 0.25) is 0 Å². The monoisotopic (exact) mass is 531 g/mol. The Kier molecular flexibility index (Phi) is 6.68. The maximum atomic E-state index is 12.4. The number of benzene rings is 1. The van der Waals surface area contributed by atoms with Crippen molar-refractivity contribution in [1.29, 1.82) is 5.26 Å². The lowest BCUT2D eigenvalue weighted by Gasteiger charge is -2.18. The highest BCUT2D eigenvalue weighted by atomic mass is 16.6. The Bertz CT molecular complexity index is 1440. The van der Waals surface area contributed by atoms with Crippen LogP contribution in [0.1, 0.15) is 28.8 Å². The first kappa shape index (κ1) is 24.6. The van der Waals surface area contributed by atoms with Crippen LogP contribution in [0, 0.1) is 17.2 Å². The minimum absolute atomic E-state index is 0.117. The number of ether oxygens (including phenoxy) is 3. The van der Waals surface area contributed by atoms with Crippen molar-refractivity contribution in [2.75, 3.05) is 36.5 Å². The van der Waals surface area contributed by atoms with Crippen LogP contribution in [0.25, 0.3) is 0 Å². The third-order valence-corrected chi connectivity index (χ3v) is 6.86. The van der Waals surface area contributed by atoms with Crippen LogP contribution in [0.4, 0.5) is 16.4 Å². The van der Waals surface area contributed by atoms with Crippen molar-refractivity contribution in [3.05, 3.63) is 53.4 Å². The SMILES string of the molecule is N#Cc1cc(OCc2cocn2)cc2c1CC(CNCCC1CN(c3cnc4c(n3)NC(=O)CO4)C(=O)O1)C2. The van der Waals surface area contributed by atoms with Gasteiger partial charge in [0.25, 0.3) is 11.8 Å². The molecule has 0 spiro atoms. The highest BCUT2D eigenvalue weighted by Crippen LogP contribution is 2.33. The van der Waals surface area contributed by atoms with E-state index in [1.54, 1.807) is 6.07 Å². The molecular formula is C26H25N7O6. The zero-order valence-electron chi connectivity index (χ0n) is 20.9. The van der Waals surface area contributed by atoms with Crippen molar-refractivity contribution >= 4 is 23.6 Å². The topological polar surface area (TPSA) is 165 Å². The third kappa shape index (κ3) is 5.32. The molecule has 2 aliphatic heterocycles. The summed E-state index contributed by atoms with van der Waals surface area (Å²) in [5.74, 6) is 1.37. The Morgan fingerprint density at radius 3 is 3.03 bits per heavy atom. The van der Waals surface area contributed by atoms with E-state index in [4.69, 9.17) is 18.6 Å². The molecule has 2 aromatic heterocycles. The fourth-order valence-electron chi connectivity index (χ4n) is 5.01. The summed E-state index contributed by atoms with van der Waals surface area (Å²) in [5, 5.41) is 15.7. The molecular weight excluding hydrogens is 506 g/mol. The van der Waals surface area contributed by atoms with Crippen molar-refractivity contribution in [1.82, 2.24) is 20.3 Å². The minimum atomic E-state index is -0.505. The maximum Gasteiger partial charge on any atom is 0.415 e. The van der Waals surface area contributed by atoms with Gasteiger partial charge in [-0.05, 0) is 61.5 Å². The van der Waals surface area contributed by atoms with Crippen molar-refractivity contribution < 1.29 is 28.2 Å². The Hall–Kier alpha value is -4.70. The van der Waals surface area contributed by atoms with Crippen LogP contribution < -0.4 is 25.0 Å². The summed E-state index contributed by atoms with van der Waals surface area (Å²) < 4.78 is 21.5. The van der Waals surface area contributed by atoms with Gasteiger partial charge in [-0.3, -0.25) is 9.69 Å². The number of oxazole rings is 1. The lowest BCUT2D eigenvalue weighted by Crippen LogP contribution is -2.30. The number of hydrogen-bond donors (Lipinski definition) is 2. The number of carbonyl (C=O) groups is 2. The van der Waals surface area contributed by atoms with E-state index in [9.17, 15) is 14.9 Å². The molecule has 0 saturated carbocycles. The van der Waals surface area contributed by atoms with Gasteiger partial charge in [0.15, 0.2) is 24.6 Å². The van der Waals surface area contributed by atoms with E-state index in [0.29, 0.717) is 48.3 Å². The Morgan fingerprint density at radius 2 is 2.18 bits per heavy atom. The number of hydrogen-bond acceptors (Lipinski definition) is 11.